The van der Waals surface area contributed by atoms with Gasteiger partial charge in [0, 0.05) is 11.4 Å². The molecule has 20 heavy (non-hydrogen) atoms. The van der Waals surface area contributed by atoms with Crippen LogP contribution in [0.15, 0.2) is 11.4 Å². The van der Waals surface area contributed by atoms with Crippen LogP contribution in [0.2, 0.25) is 0 Å². The van der Waals surface area contributed by atoms with E-state index in [0.29, 0.717) is 16.6 Å². The molecule has 0 aromatic carbocycles. The van der Waals surface area contributed by atoms with Gasteiger partial charge in [0.25, 0.3) is 5.91 Å². The van der Waals surface area contributed by atoms with Crippen molar-refractivity contribution in [3.05, 3.63) is 26.8 Å². The number of hydrogen-bond acceptors (Lipinski definition) is 6. The van der Waals surface area contributed by atoms with Crippen molar-refractivity contribution in [3.63, 3.8) is 0 Å². The molecule has 0 bridgehead atoms. The van der Waals surface area contributed by atoms with Gasteiger partial charge in [-0.3, -0.25) is 4.79 Å². The summed E-state index contributed by atoms with van der Waals surface area (Å²) in [5.74, 6) is 0.117. The number of aryl methyl sites for hydroxylation is 1. The summed E-state index contributed by atoms with van der Waals surface area (Å²) in [6, 6.07) is 2.04. The summed E-state index contributed by atoms with van der Waals surface area (Å²) < 4.78 is 0. The number of nitrogens with one attached hydrogen (secondary N) is 2. The van der Waals surface area contributed by atoms with Crippen LogP contribution >= 0.6 is 22.7 Å². The SMILES string of the molecule is CCCNc1nc(N)c(C(=O)NCc2sccc2C)s1. The number of nitrogen functional groups attached to an aromatic ring is 1. The first kappa shape index (κ1) is 14.8. The van der Waals surface area contributed by atoms with Gasteiger partial charge < -0.3 is 16.4 Å². The van der Waals surface area contributed by atoms with E-state index in [-0.39, 0.29) is 11.7 Å². The van der Waals surface area contributed by atoms with Crippen LogP contribution < -0.4 is 16.4 Å². The summed E-state index contributed by atoms with van der Waals surface area (Å²) >= 11 is 2.93. The van der Waals surface area contributed by atoms with Gasteiger partial charge in [0.2, 0.25) is 0 Å². The van der Waals surface area contributed by atoms with Gasteiger partial charge in [0.1, 0.15) is 10.7 Å². The molecule has 0 fully saturated rings. The maximum Gasteiger partial charge on any atom is 0.265 e. The minimum atomic E-state index is -0.169. The molecule has 0 atom stereocenters. The predicted molar refractivity (Wildman–Crippen MR) is 85.5 cm³/mol. The van der Waals surface area contributed by atoms with Crippen molar-refractivity contribution >= 4 is 39.5 Å². The summed E-state index contributed by atoms with van der Waals surface area (Å²) in [6.07, 6.45) is 0.999. The molecule has 2 heterocycles. The zero-order valence-electron chi connectivity index (χ0n) is 11.5. The standard InChI is InChI=1S/C13H18N4OS2/c1-3-5-15-13-17-11(14)10(20-13)12(18)16-7-9-8(2)4-6-19-9/h4,6H,3,5,7,14H2,1-2H3,(H,15,17)(H,16,18). The highest BCUT2D eigenvalue weighted by Crippen LogP contribution is 2.25. The Balaban J connectivity index is 1.98. The molecule has 0 aliphatic heterocycles. The molecule has 2 rings (SSSR count). The monoisotopic (exact) mass is 310 g/mol. The second-order valence-electron chi connectivity index (χ2n) is 4.37. The summed E-state index contributed by atoms with van der Waals surface area (Å²) in [5, 5.41) is 8.74. The van der Waals surface area contributed by atoms with Crippen molar-refractivity contribution in [1.29, 1.82) is 0 Å². The fourth-order valence-corrected chi connectivity index (χ4v) is 3.30. The lowest BCUT2D eigenvalue weighted by atomic mass is 10.3. The zero-order valence-corrected chi connectivity index (χ0v) is 13.2. The van der Waals surface area contributed by atoms with Crippen molar-refractivity contribution < 1.29 is 4.79 Å². The Labute approximate surface area is 126 Å². The normalized spacial score (nSPS) is 10.5. The molecular weight excluding hydrogens is 292 g/mol. The van der Waals surface area contributed by atoms with Crippen LogP contribution in [0.5, 0.6) is 0 Å². The molecule has 5 nitrogen and oxygen atoms in total. The maximum atomic E-state index is 12.1. The molecule has 0 aliphatic rings. The van der Waals surface area contributed by atoms with Gasteiger partial charge in [-0.25, -0.2) is 4.98 Å². The highest BCUT2D eigenvalue weighted by molar-refractivity contribution is 7.18. The number of nitrogens with zero attached hydrogens (tertiary/aromatic N) is 1. The molecule has 0 spiro atoms. The van der Waals surface area contributed by atoms with Gasteiger partial charge in [0.15, 0.2) is 5.13 Å². The number of rotatable bonds is 6. The highest BCUT2D eigenvalue weighted by Gasteiger charge is 2.16. The highest BCUT2D eigenvalue weighted by atomic mass is 32.1. The third kappa shape index (κ3) is 3.49. The number of carbonyl (C=O) groups excluding carboxylic acids is 1. The molecule has 4 N–H and O–H groups in total. The van der Waals surface area contributed by atoms with E-state index in [1.807, 2.05) is 18.4 Å². The topological polar surface area (TPSA) is 80.0 Å². The molecular formula is C13H18N4OS2. The minimum Gasteiger partial charge on any atom is -0.382 e. The average molecular weight is 310 g/mol. The van der Waals surface area contributed by atoms with Crippen molar-refractivity contribution in [2.75, 3.05) is 17.6 Å². The Kier molecular flexibility index (Phi) is 4.97. The van der Waals surface area contributed by atoms with E-state index < -0.39 is 0 Å². The second-order valence-corrected chi connectivity index (χ2v) is 6.37. The van der Waals surface area contributed by atoms with Crippen LogP contribution in [-0.2, 0) is 6.54 Å². The van der Waals surface area contributed by atoms with Gasteiger partial charge in [-0.15, -0.1) is 11.3 Å². The Bertz CT molecular complexity index is 591. The van der Waals surface area contributed by atoms with E-state index in [2.05, 4.69) is 22.5 Å². The minimum absolute atomic E-state index is 0.169. The zero-order chi connectivity index (χ0) is 14.5. The molecule has 7 heteroatoms. The van der Waals surface area contributed by atoms with Crippen molar-refractivity contribution in [2.45, 2.75) is 26.8 Å². The first-order chi connectivity index (χ1) is 9.61. The average Bonchev–Trinajstić information content (AvgIpc) is 3.00. The maximum absolute atomic E-state index is 12.1. The lowest BCUT2D eigenvalue weighted by Gasteiger charge is -2.03. The molecule has 0 saturated heterocycles. The molecule has 0 saturated carbocycles. The number of aromatic nitrogens is 1. The quantitative estimate of drug-likeness (QED) is 0.766. The number of thiophene rings is 1. The Morgan fingerprint density at radius 1 is 1.50 bits per heavy atom. The molecule has 2 aromatic rings. The third-order valence-corrected chi connectivity index (χ3v) is 4.81. The van der Waals surface area contributed by atoms with E-state index in [1.54, 1.807) is 11.3 Å². The molecule has 108 valence electrons. The van der Waals surface area contributed by atoms with Crippen LogP contribution in [0, 0.1) is 6.92 Å². The Morgan fingerprint density at radius 3 is 2.95 bits per heavy atom. The largest absolute Gasteiger partial charge is 0.382 e. The van der Waals surface area contributed by atoms with Gasteiger partial charge >= 0.3 is 0 Å². The third-order valence-electron chi connectivity index (χ3n) is 2.76. The van der Waals surface area contributed by atoms with Crippen molar-refractivity contribution in [1.82, 2.24) is 10.3 Å². The number of hydrogen-bond donors (Lipinski definition) is 3. The van der Waals surface area contributed by atoms with Crippen LogP contribution in [0.4, 0.5) is 10.9 Å². The Morgan fingerprint density at radius 2 is 2.30 bits per heavy atom. The lowest BCUT2D eigenvalue weighted by Crippen LogP contribution is -2.22. The molecule has 0 radical (unpaired) electrons. The first-order valence-corrected chi connectivity index (χ1v) is 8.12. The van der Waals surface area contributed by atoms with Crippen molar-refractivity contribution in [3.8, 4) is 0 Å². The molecule has 1 amide bonds. The van der Waals surface area contributed by atoms with Gasteiger partial charge in [-0.2, -0.15) is 0 Å². The fraction of sp³-hybridized carbons (Fsp3) is 0.385. The fourth-order valence-electron chi connectivity index (χ4n) is 1.63. The summed E-state index contributed by atoms with van der Waals surface area (Å²) in [7, 11) is 0. The number of amides is 1. The van der Waals surface area contributed by atoms with E-state index in [4.69, 9.17) is 5.73 Å². The number of thiazole rings is 1. The van der Waals surface area contributed by atoms with Gasteiger partial charge in [-0.05, 0) is 30.4 Å². The first-order valence-electron chi connectivity index (χ1n) is 6.43. The van der Waals surface area contributed by atoms with Crippen LogP contribution in [0.25, 0.3) is 0 Å². The van der Waals surface area contributed by atoms with E-state index in [9.17, 15) is 4.79 Å². The van der Waals surface area contributed by atoms with E-state index >= 15 is 0 Å². The van der Waals surface area contributed by atoms with Crippen LogP contribution in [0.3, 0.4) is 0 Å². The van der Waals surface area contributed by atoms with Crippen molar-refractivity contribution in [2.24, 2.45) is 0 Å². The number of anilines is 2. The second kappa shape index (κ2) is 6.71. The van der Waals surface area contributed by atoms with Gasteiger partial charge in [0.05, 0.1) is 6.54 Å². The van der Waals surface area contributed by atoms with Crippen LogP contribution in [-0.4, -0.2) is 17.4 Å². The summed E-state index contributed by atoms with van der Waals surface area (Å²) in [4.78, 5) is 17.9. The molecule has 0 aliphatic carbocycles. The lowest BCUT2D eigenvalue weighted by molar-refractivity contribution is 0.0956. The smallest absolute Gasteiger partial charge is 0.265 e. The Hall–Kier alpha value is -1.60. The molecule has 0 unspecified atom stereocenters. The predicted octanol–water partition coefficient (Wildman–Crippen LogP) is 2.85. The number of nitrogens with two attached hydrogens (primary N) is 1. The molecule has 2 aromatic heterocycles. The summed E-state index contributed by atoms with van der Waals surface area (Å²) in [5.41, 5.74) is 6.99. The summed E-state index contributed by atoms with van der Waals surface area (Å²) in [6.45, 7) is 5.45. The van der Waals surface area contributed by atoms with Gasteiger partial charge in [-0.1, -0.05) is 18.3 Å². The van der Waals surface area contributed by atoms with Crippen LogP contribution in [0.1, 0.15) is 33.5 Å². The number of carbonyl (C=O) groups is 1. The van der Waals surface area contributed by atoms with E-state index in [1.165, 1.54) is 16.9 Å². The van der Waals surface area contributed by atoms with E-state index in [0.717, 1.165) is 17.8 Å².